The van der Waals surface area contributed by atoms with Crippen molar-refractivity contribution in [1.29, 1.82) is 0 Å². The Bertz CT molecular complexity index is 549. The Hall–Kier alpha value is -2.18. The molecular weight excluding hydrogens is 274 g/mol. The summed E-state index contributed by atoms with van der Waals surface area (Å²) >= 11 is 0. The third-order valence-corrected chi connectivity index (χ3v) is 3.88. The Labute approximate surface area is 123 Å². The molecule has 0 amide bonds. The largest absolute Gasteiger partial charge is 0.481 e. The van der Waals surface area contributed by atoms with E-state index in [1.54, 1.807) is 0 Å². The standard InChI is InChI=1S/C14H19N3O4/c1-3-4-14(13(19)20)5-6-17(9-14)11-8-15-7-10(16-11)12(18)21-2/h7-8H,3-6,9H2,1-2H3,(H,19,20). The number of aliphatic carboxylic acids is 1. The van der Waals surface area contributed by atoms with Crippen LogP contribution in [0.2, 0.25) is 0 Å². The van der Waals surface area contributed by atoms with Crippen LogP contribution in [0.15, 0.2) is 12.4 Å². The van der Waals surface area contributed by atoms with E-state index in [1.807, 2.05) is 11.8 Å². The minimum absolute atomic E-state index is 0.123. The number of nitrogens with zero attached hydrogens (tertiary/aromatic N) is 3. The third kappa shape index (κ3) is 2.96. The van der Waals surface area contributed by atoms with Gasteiger partial charge in [-0.05, 0) is 12.8 Å². The van der Waals surface area contributed by atoms with Crippen LogP contribution in [-0.2, 0) is 9.53 Å². The highest BCUT2D eigenvalue weighted by Crippen LogP contribution is 2.37. The van der Waals surface area contributed by atoms with Crippen molar-refractivity contribution < 1.29 is 19.4 Å². The number of carboxylic acid groups (broad SMARTS) is 1. The number of methoxy groups -OCH3 is 1. The molecular formula is C14H19N3O4. The van der Waals surface area contributed by atoms with Gasteiger partial charge in [-0.3, -0.25) is 9.78 Å². The van der Waals surface area contributed by atoms with E-state index in [-0.39, 0.29) is 5.69 Å². The summed E-state index contributed by atoms with van der Waals surface area (Å²) in [4.78, 5) is 33.1. The molecule has 1 aliphatic heterocycles. The number of hydrogen-bond acceptors (Lipinski definition) is 6. The van der Waals surface area contributed by atoms with Crippen molar-refractivity contribution >= 4 is 17.8 Å². The van der Waals surface area contributed by atoms with E-state index < -0.39 is 17.4 Å². The van der Waals surface area contributed by atoms with Crippen molar-refractivity contribution in [3.8, 4) is 0 Å². The molecule has 1 fully saturated rings. The second-order valence-electron chi connectivity index (χ2n) is 5.26. The molecule has 1 N–H and O–H groups in total. The number of ether oxygens (including phenoxy) is 1. The number of carbonyl (C=O) groups excluding carboxylic acids is 1. The maximum absolute atomic E-state index is 11.6. The van der Waals surface area contributed by atoms with Gasteiger partial charge in [0.1, 0.15) is 5.82 Å². The van der Waals surface area contributed by atoms with Crippen LogP contribution in [0.4, 0.5) is 5.82 Å². The van der Waals surface area contributed by atoms with Gasteiger partial charge in [0.2, 0.25) is 0 Å². The Morgan fingerprint density at radius 3 is 2.86 bits per heavy atom. The summed E-state index contributed by atoms with van der Waals surface area (Å²) in [6, 6.07) is 0. The quantitative estimate of drug-likeness (QED) is 0.819. The molecule has 2 rings (SSSR count). The lowest BCUT2D eigenvalue weighted by Gasteiger charge is -2.24. The summed E-state index contributed by atoms with van der Waals surface area (Å²) in [5.41, 5.74) is -0.615. The molecule has 7 nitrogen and oxygen atoms in total. The summed E-state index contributed by atoms with van der Waals surface area (Å²) in [5, 5.41) is 9.50. The van der Waals surface area contributed by atoms with Crippen LogP contribution in [0, 0.1) is 5.41 Å². The fourth-order valence-corrected chi connectivity index (χ4v) is 2.74. The van der Waals surface area contributed by atoms with Gasteiger partial charge in [-0.15, -0.1) is 0 Å². The van der Waals surface area contributed by atoms with Crippen molar-refractivity contribution in [2.75, 3.05) is 25.1 Å². The van der Waals surface area contributed by atoms with E-state index in [0.717, 1.165) is 6.42 Å². The second kappa shape index (κ2) is 6.07. The average molecular weight is 293 g/mol. The van der Waals surface area contributed by atoms with Gasteiger partial charge < -0.3 is 14.7 Å². The van der Waals surface area contributed by atoms with Crippen molar-refractivity contribution in [2.45, 2.75) is 26.2 Å². The minimum atomic E-state index is -0.774. The van der Waals surface area contributed by atoms with E-state index in [9.17, 15) is 14.7 Å². The zero-order valence-electron chi connectivity index (χ0n) is 12.2. The molecule has 1 atom stereocenters. The normalized spacial score (nSPS) is 21.3. The SMILES string of the molecule is CCCC1(C(=O)O)CCN(c2cncc(C(=O)OC)n2)C1. The number of carboxylic acids is 1. The van der Waals surface area contributed by atoms with E-state index >= 15 is 0 Å². The van der Waals surface area contributed by atoms with Gasteiger partial charge in [-0.1, -0.05) is 13.3 Å². The first-order chi connectivity index (χ1) is 10.0. The molecule has 0 spiro atoms. The van der Waals surface area contributed by atoms with Crippen LogP contribution in [0.5, 0.6) is 0 Å². The predicted octanol–water partition coefficient (Wildman–Crippen LogP) is 1.34. The Balaban J connectivity index is 2.21. The molecule has 0 aliphatic carbocycles. The first-order valence-electron chi connectivity index (χ1n) is 6.91. The molecule has 21 heavy (non-hydrogen) atoms. The minimum Gasteiger partial charge on any atom is -0.481 e. The molecule has 1 unspecified atom stereocenters. The molecule has 1 aromatic heterocycles. The molecule has 0 bridgehead atoms. The van der Waals surface area contributed by atoms with Gasteiger partial charge in [-0.2, -0.15) is 0 Å². The van der Waals surface area contributed by atoms with Crippen LogP contribution in [0.25, 0.3) is 0 Å². The Morgan fingerprint density at radius 2 is 2.24 bits per heavy atom. The number of esters is 1. The number of hydrogen-bond donors (Lipinski definition) is 1. The van der Waals surface area contributed by atoms with Crippen LogP contribution in [0.3, 0.4) is 0 Å². The molecule has 114 valence electrons. The number of aromatic nitrogens is 2. The molecule has 1 aromatic rings. The monoisotopic (exact) mass is 293 g/mol. The topological polar surface area (TPSA) is 92.6 Å². The van der Waals surface area contributed by atoms with E-state index in [0.29, 0.717) is 31.7 Å². The van der Waals surface area contributed by atoms with Gasteiger partial charge >= 0.3 is 11.9 Å². The zero-order chi connectivity index (χ0) is 15.5. The Kier molecular flexibility index (Phi) is 4.40. The van der Waals surface area contributed by atoms with Gasteiger partial charge in [0.05, 0.1) is 24.9 Å². The number of anilines is 1. The summed E-state index contributed by atoms with van der Waals surface area (Å²) in [6.07, 6.45) is 4.88. The molecule has 2 heterocycles. The lowest BCUT2D eigenvalue weighted by molar-refractivity contribution is -0.148. The van der Waals surface area contributed by atoms with Gasteiger partial charge in [0, 0.05) is 13.1 Å². The zero-order valence-corrected chi connectivity index (χ0v) is 12.2. The lowest BCUT2D eigenvalue weighted by atomic mass is 9.83. The van der Waals surface area contributed by atoms with E-state index in [1.165, 1.54) is 19.5 Å². The average Bonchev–Trinajstić information content (AvgIpc) is 2.93. The van der Waals surface area contributed by atoms with Crippen molar-refractivity contribution in [1.82, 2.24) is 9.97 Å². The van der Waals surface area contributed by atoms with Crippen LogP contribution >= 0.6 is 0 Å². The summed E-state index contributed by atoms with van der Waals surface area (Å²) in [7, 11) is 1.28. The molecule has 1 saturated heterocycles. The van der Waals surface area contributed by atoms with Crippen LogP contribution in [-0.4, -0.2) is 47.2 Å². The number of carbonyl (C=O) groups is 2. The summed E-state index contributed by atoms with van der Waals surface area (Å²) in [5.74, 6) is -0.817. The first kappa shape index (κ1) is 15.2. The maximum Gasteiger partial charge on any atom is 0.358 e. The number of rotatable bonds is 5. The molecule has 0 saturated carbocycles. The van der Waals surface area contributed by atoms with Crippen molar-refractivity contribution in [2.24, 2.45) is 5.41 Å². The van der Waals surface area contributed by atoms with Gasteiger partial charge in [0.15, 0.2) is 5.69 Å². The highest BCUT2D eigenvalue weighted by molar-refractivity contribution is 5.87. The van der Waals surface area contributed by atoms with Crippen molar-refractivity contribution in [3.05, 3.63) is 18.1 Å². The van der Waals surface area contributed by atoms with Crippen molar-refractivity contribution in [3.63, 3.8) is 0 Å². The van der Waals surface area contributed by atoms with Crippen LogP contribution < -0.4 is 4.90 Å². The molecule has 1 aliphatic rings. The fourth-order valence-electron chi connectivity index (χ4n) is 2.74. The maximum atomic E-state index is 11.6. The highest BCUT2D eigenvalue weighted by atomic mass is 16.5. The van der Waals surface area contributed by atoms with Crippen LogP contribution in [0.1, 0.15) is 36.7 Å². The first-order valence-corrected chi connectivity index (χ1v) is 6.91. The molecule has 0 aromatic carbocycles. The predicted molar refractivity (Wildman–Crippen MR) is 75.2 cm³/mol. The summed E-state index contributed by atoms with van der Waals surface area (Å²) < 4.78 is 4.62. The second-order valence-corrected chi connectivity index (χ2v) is 5.26. The van der Waals surface area contributed by atoms with Gasteiger partial charge in [-0.25, -0.2) is 9.78 Å². The summed E-state index contributed by atoms with van der Waals surface area (Å²) in [6.45, 7) is 2.95. The molecule has 7 heteroatoms. The van der Waals surface area contributed by atoms with E-state index in [2.05, 4.69) is 14.7 Å². The fraction of sp³-hybridized carbons (Fsp3) is 0.571. The smallest absolute Gasteiger partial charge is 0.358 e. The highest BCUT2D eigenvalue weighted by Gasteiger charge is 2.44. The van der Waals surface area contributed by atoms with E-state index in [4.69, 9.17) is 0 Å². The third-order valence-electron chi connectivity index (χ3n) is 3.88. The molecule has 0 radical (unpaired) electrons. The Morgan fingerprint density at radius 1 is 1.48 bits per heavy atom. The van der Waals surface area contributed by atoms with Gasteiger partial charge in [0.25, 0.3) is 0 Å². The lowest BCUT2D eigenvalue weighted by Crippen LogP contribution is -2.35.